The second-order valence-corrected chi connectivity index (χ2v) is 6.11. The van der Waals surface area contributed by atoms with Crippen LogP contribution < -0.4 is 4.90 Å². The highest BCUT2D eigenvalue weighted by Gasteiger charge is 2.14. The van der Waals surface area contributed by atoms with Crippen LogP contribution in [0.15, 0.2) is 42.5 Å². The molecule has 0 aliphatic carbocycles. The van der Waals surface area contributed by atoms with E-state index in [-0.39, 0.29) is 0 Å². The van der Waals surface area contributed by atoms with Crippen LogP contribution in [-0.4, -0.2) is 13.1 Å². The minimum atomic E-state index is 1.21. The van der Waals surface area contributed by atoms with Crippen molar-refractivity contribution in [1.29, 1.82) is 0 Å². The number of anilines is 1. The van der Waals surface area contributed by atoms with Crippen molar-refractivity contribution in [3.8, 4) is 10.4 Å². The summed E-state index contributed by atoms with van der Waals surface area (Å²) >= 11 is 1.87. The maximum absolute atomic E-state index is 2.42. The molecule has 2 heteroatoms. The molecular weight excluding hydrogens is 250 g/mol. The standard InChI is InChI=1S/C17H19NS/c1-3-13(2)16-9-10-17(19-16)14-5-7-15(8-6-14)18-11-4-12-18/h3,5-10H,4,11-12H2,1-2H3/b13-3+. The van der Waals surface area contributed by atoms with E-state index in [1.807, 2.05) is 11.3 Å². The molecule has 98 valence electrons. The number of hydrogen-bond acceptors (Lipinski definition) is 2. The summed E-state index contributed by atoms with van der Waals surface area (Å²) in [5.41, 5.74) is 4.04. The van der Waals surface area contributed by atoms with Crippen molar-refractivity contribution >= 4 is 22.6 Å². The Morgan fingerprint density at radius 2 is 1.84 bits per heavy atom. The molecule has 1 nitrogen and oxygen atoms in total. The third kappa shape index (κ3) is 2.45. The molecule has 0 spiro atoms. The Kier molecular flexibility index (Phi) is 3.43. The SMILES string of the molecule is C/C=C(\C)c1ccc(-c2ccc(N3CCC3)cc2)s1. The summed E-state index contributed by atoms with van der Waals surface area (Å²) in [5, 5.41) is 0. The molecule has 3 rings (SSSR count). The van der Waals surface area contributed by atoms with E-state index < -0.39 is 0 Å². The molecule has 1 aliphatic rings. The van der Waals surface area contributed by atoms with Crippen LogP contribution in [0.4, 0.5) is 5.69 Å². The molecule has 1 aromatic heterocycles. The number of hydrogen-bond donors (Lipinski definition) is 0. The van der Waals surface area contributed by atoms with Crippen LogP contribution in [0, 0.1) is 0 Å². The Balaban J connectivity index is 1.83. The van der Waals surface area contributed by atoms with Crippen LogP contribution in [0.5, 0.6) is 0 Å². The maximum Gasteiger partial charge on any atom is 0.0366 e. The van der Waals surface area contributed by atoms with Crippen molar-refractivity contribution in [2.45, 2.75) is 20.3 Å². The predicted molar refractivity (Wildman–Crippen MR) is 85.9 cm³/mol. The summed E-state index contributed by atoms with van der Waals surface area (Å²) in [4.78, 5) is 5.14. The highest BCUT2D eigenvalue weighted by Crippen LogP contribution is 2.33. The monoisotopic (exact) mass is 269 g/mol. The van der Waals surface area contributed by atoms with Crippen LogP contribution in [0.1, 0.15) is 25.1 Å². The molecule has 2 aromatic rings. The molecule has 0 amide bonds. The average molecular weight is 269 g/mol. The van der Waals surface area contributed by atoms with Gasteiger partial charge in [-0.1, -0.05) is 18.2 Å². The lowest BCUT2D eigenvalue weighted by Gasteiger charge is -2.33. The van der Waals surface area contributed by atoms with Crippen LogP contribution in [-0.2, 0) is 0 Å². The topological polar surface area (TPSA) is 3.24 Å². The number of benzene rings is 1. The van der Waals surface area contributed by atoms with Crippen molar-refractivity contribution < 1.29 is 0 Å². The summed E-state index contributed by atoms with van der Waals surface area (Å²) in [5.74, 6) is 0. The van der Waals surface area contributed by atoms with Crippen molar-refractivity contribution in [1.82, 2.24) is 0 Å². The molecule has 1 aliphatic heterocycles. The average Bonchev–Trinajstić information content (AvgIpc) is 2.86. The summed E-state index contributed by atoms with van der Waals surface area (Å²) in [7, 11) is 0. The number of allylic oxidation sites excluding steroid dienone is 2. The van der Waals surface area contributed by atoms with Crippen molar-refractivity contribution in [2.24, 2.45) is 0 Å². The van der Waals surface area contributed by atoms with Crippen LogP contribution in [0.25, 0.3) is 16.0 Å². The van der Waals surface area contributed by atoms with Gasteiger partial charge in [-0.05, 0) is 55.7 Å². The van der Waals surface area contributed by atoms with Gasteiger partial charge in [-0.25, -0.2) is 0 Å². The summed E-state index contributed by atoms with van der Waals surface area (Å²) in [6.07, 6.45) is 3.50. The molecule has 0 saturated carbocycles. The maximum atomic E-state index is 2.42. The molecule has 1 saturated heterocycles. The van der Waals surface area contributed by atoms with Gasteiger partial charge in [0.15, 0.2) is 0 Å². The first-order valence-corrected chi connectivity index (χ1v) is 7.68. The summed E-state index contributed by atoms with van der Waals surface area (Å²) in [6, 6.07) is 13.4. The fraction of sp³-hybridized carbons (Fsp3) is 0.294. The van der Waals surface area contributed by atoms with Gasteiger partial charge in [0.05, 0.1) is 0 Å². The van der Waals surface area contributed by atoms with Crippen molar-refractivity contribution in [2.75, 3.05) is 18.0 Å². The highest BCUT2D eigenvalue weighted by molar-refractivity contribution is 7.16. The molecule has 1 aromatic carbocycles. The fourth-order valence-electron chi connectivity index (χ4n) is 2.26. The van der Waals surface area contributed by atoms with Crippen LogP contribution in [0.2, 0.25) is 0 Å². The molecule has 0 unspecified atom stereocenters. The molecule has 0 atom stereocenters. The lowest BCUT2D eigenvalue weighted by molar-refractivity contribution is 0.618. The van der Waals surface area contributed by atoms with Gasteiger partial charge in [0.25, 0.3) is 0 Å². The fourth-order valence-corrected chi connectivity index (χ4v) is 3.30. The summed E-state index contributed by atoms with van der Waals surface area (Å²) < 4.78 is 0. The second-order valence-electron chi connectivity index (χ2n) is 5.02. The lowest BCUT2D eigenvalue weighted by atomic mass is 10.1. The Labute approximate surface area is 119 Å². The zero-order valence-electron chi connectivity index (χ0n) is 11.5. The van der Waals surface area contributed by atoms with E-state index in [0.29, 0.717) is 0 Å². The van der Waals surface area contributed by atoms with E-state index in [1.165, 1.54) is 46.1 Å². The van der Waals surface area contributed by atoms with Gasteiger partial charge >= 0.3 is 0 Å². The van der Waals surface area contributed by atoms with Crippen LogP contribution in [0.3, 0.4) is 0 Å². The first kappa shape index (κ1) is 12.5. The van der Waals surface area contributed by atoms with Crippen LogP contribution >= 0.6 is 11.3 Å². The molecule has 2 heterocycles. The number of rotatable bonds is 3. The highest BCUT2D eigenvalue weighted by atomic mass is 32.1. The van der Waals surface area contributed by atoms with E-state index in [2.05, 4.69) is 61.2 Å². The Morgan fingerprint density at radius 3 is 2.42 bits per heavy atom. The van der Waals surface area contributed by atoms with Gasteiger partial charge in [0.2, 0.25) is 0 Å². The minimum Gasteiger partial charge on any atom is -0.371 e. The predicted octanol–water partition coefficient (Wildman–Crippen LogP) is 5.05. The van der Waals surface area contributed by atoms with Gasteiger partial charge in [0.1, 0.15) is 0 Å². The van der Waals surface area contributed by atoms with E-state index >= 15 is 0 Å². The van der Waals surface area contributed by atoms with E-state index in [4.69, 9.17) is 0 Å². The third-order valence-electron chi connectivity index (χ3n) is 3.80. The zero-order chi connectivity index (χ0) is 13.2. The Bertz CT molecular complexity index is 588. The van der Waals surface area contributed by atoms with E-state index in [0.717, 1.165) is 0 Å². The van der Waals surface area contributed by atoms with E-state index in [9.17, 15) is 0 Å². The smallest absolute Gasteiger partial charge is 0.0366 e. The Morgan fingerprint density at radius 1 is 1.11 bits per heavy atom. The normalized spacial score (nSPS) is 15.5. The molecular formula is C17H19NS. The van der Waals surface area contributed by atoms with E-state index in [1.54, 1.807) is 0 Å². The molecule has 19 heavy (non-hydrogen) atoms. The lowest BCUT2D eigenvalue weighted by Crippen LogP contribution is -2.36. The summed E-state index contributed by atoms with van der Waals surface area (Å²) in [6.45, 7) is 6.69. The van der Waals surface area contributed by atoms with Gasteiger partial charge < -0.3 is 4.90 Å². The quantitative estimate of drug-likeness (QED) is 0.753. The van der Waals surface area contributed by atoms with Gasteiger partial charge in [-0.15, -0.1) is 11.3 Å². The first-order valence-electron chi connectivity index (χ1n) is 6.86. The molecule has 1 fully saturated rings. The van der Waals surface area contributed by atoms with Gasteiger partial charge in [-0.3, -0.25) is 0 Å². The Hall–Kier alpha value is -1.54. The molecule has 0 radical (unpaired) electrons. The van der Waals surface area contributed by atoms with Crippen molar-refractivity contribution in [3.05, 3.63) is 47.4 Å². The molecule has 0 bridgehead atoms. The largest absolute Gasteiger partial charge is 0.371 e. The minimum absolute atomic E-state index is 1.21. The number of thiophene rings is 1. The molecule has 0 N–H and O–H groups in total. The van der Waals surface area contributed by atoms with Gasteiger partial charge in [-0.2, -0.15) is 0 Å². The third-order valence-corrected chi connectivity index (χ3v) is 5.07. The van der Waals surface area contributed by atoms with Gasteiger partial charge in [0, 0.05) is 28.5 Å². The van der Waals surface area contributed by atoms with Crippen molar-refractivity contribution in [3.63, 3.8) is 0 Å². The number of nitrogens with zero attached hydrogens (tertiary/aromatic N) is 1. The second kappa shape index (κ2) is 5.22. The first-order chi connectivity index (χ1) is 9.28. The zero-order valence-corrected chi connectivity index (χ0v) is 12.3.